The molecule has 0 aliphatic carbocycles. The summed E-state index contributed by atoms with van der Waals surface area (Å²) >= 11 is 5.64. The third-order valence-corrected chi connectivity index (χ3v) is 2.52. The molecule has 1 heterocycles. The molecule has 1 aromatic carbocycles. The largest absolute Gasteiger partial charge is 0.438 e. The number of hydrogen-bond acceptors (Lipinski definition) is 3. The van der Waals surface area contributed by atoms with E-state index in [1.807, 2.05) is 26.0 Å². The number of nitrogens with zero attached hydrogens (tertiary/aromatic N) is 2. The van der Waals surface area contributed by atoms with Gasteiger partial charge in [-0.1, -0.05) is 6.07 Å². The number of benzene rings is 1. The Morgan fingerprint density at radius 2 is 1.76 bits per heavy atom. The Hall–Kier alpha value is -1.61. The lowest BCUT2D eigenvalue weighted by atomic mass is 10.1. The summed E-state index contributed by atoms with van der Waals surface area (Å²) in [4.78, 5) is 0. The number of ether oxygens (including phenoxy) is 1. The zero-order valence-corrected chi connectivity index (χ0v) is 10.5. The Balaban J connectivity index is 2.19. The van der Waals surface area contributed by atoms with Crippen LogP contribution in [0.2, 0.25) is 0 Å². The number of rotatable bonds is 3. The van der Waals surface area contributed by atoms with Gasteiger partial charge in [-0.2, -0.15) is 5.10 Å². The van der Waals surface area contributed by atoms with E-state index in [-0.39, 0.29) is 0 Å². The Bertz CT molecular complexity index is 491. The van der Waals surface area contributed by atoms with Gasteiger partial charge in [0.25, 0.3) is 0 Å². The summed E-state index contributed by atoms with van der Waals surface area (Å²) in [6.07, 6.45) is 0. The fraction of sp³-hybridized carbons (Fsp3) is 0.231. The molecule has 0 amide bonds. The SMILES string of the molecule is Cc1cc(C)cc(Oc2ccc(CCl)nn2)c1. The Morgan fingerprint density at radius 1 is 1.06 bits per heavy atom. The fourth-order valence-corrected chi connectivity index (χ4v) is 1.73. The van der Waals surface area contributed by atoms with Crippen LogP contribution in [-0.4, -0.2) is 10.2 Å². The number of halogens is 1. The molecule has 0 fully saturated rings. The van der Waals surface area contributed by atoms with E-state index in [9.17, 15) is 0 Å². The van der Waals surface area contributed by atoms with Gasteiger partial charge >= 0.3 is 0 Å². The lowest BCUT2D eigenvalue weighted by Gasteiger charge is -2.06. The maximum atomic E-state index is 5.64. The molecule has 0 saturated heterocycles. The Morgan fingerprint density at radius 3 is 2.29 bits per heavy atom. The third kappa shape index (κ3) is 3.17. The molecule has 1 aromatic heterocycles. The van der Waals surface area contributed by atoms with Gasteiger partial charge < -0.3 is 4.74 Å². The molecule has 0 bridgehead atoms. The smallest absolute Gasteiger partial charge is 0.238 e. The van der Waals surface area contributed by atoms with Gasteiger partial charge in [0, 0.05) is 6.07 Å². The molecule has 2 aromatic rings. The van der Waals surface area contributed by atoms with Crippen molar-refractivity contribution in [2.24, 2.45) is 0 Å². The molecule has 0 atom stereocenters. The van der Waals surface area contributed by atoms with E-state index in [0.717, 1.165) is 22.6 Å². The minimum atomic E-state index is 0.358. The molecule has 88 valence electrons. The molecule has 3 nitrogen and oxygen atoms in total. The van der Waals surface area contributed by atoms with Gasteiger partial charge in [-0.25, -0.2) is 0 Å². The van der Waals surface area contributed by atoms with Crippen LogP contribution in [-0.2, 0) is 5.88 Å². The van der Waals surface area contributed by atoms with Crippen LogP contribution in [0.4, 0.5) is 0 Å². The summed E-state index contributed by atoms with van der Waals surface area (Å²) in [5.74, 6) is 1.61. The second kappa shape index (κ2) is 5.15. The summed E-state index contributed by atoms with van der Waals surface area (Å²) < 4.78 is 5.62. The van der Waals surface area contributed by atoms with Gasteiger partial charge in [-0.05, 0) is 43.2 Å². The van der Waals surface area contributed by atoms with E-state index >= 15 is 0 Å². The minimum absolute atomic E-state index is 0.358. The highest BCUT2D eigenvalue weighted by atomic mass is 35.5. The van der Waals surface area contributed by atoms with Crippen molar-refractivity contribution in [3.8, 4) is 11.6 Å². The van der Waals surface area contributed by atoms with Crippen LogP contribution < -0.4 is 4.74 Å². The first-order valence-corrected chi connectivity index (χ1v) is 5.85. The van der Waals surface area contributed by atoms with E-state index in [0.29, 0.717) is 11.8 Å². The molecule has 17 heavy (non-hydrogen) atoms. The Labute approximate surface area is 105 Å². The van der Waals surface area contributed by atoms with E-state index < -0.39 is 0 Å². The molecule has 4 heteroatoms. The molecule has 0 N–H and O–H groups in total. The van der Waals surface area contributed by atoms with Gasteiger partial charge in [-0.15, -0.1) is 16.7 Å². The predicted octanol–water partition coefficient (Wildman–Crippen LogP) is 3.62. The van der Waals surface area contributed by atoms with Crippen LogP contribution in [0.3, 0.4) is 0 Å². The van der Waals surface area contributed by atoms with Crippen molar-refractivity contribution in [2.45, 2.75) is 19.7 Å². The van der Waals surface area contributed by atoms with Crippen LogP contribution >= 0.6 is 11.6 Å². The number of alkyl halides is 1. The molecule has 0 unspecified atom stereocenters. The second-order valence-electron chi connectivity index (χ2n) is 3.92. The fourth-order valence-electron chi connectivity index (χ4n) is 1.59. The van der Waals surface area contributed by atoms with E-state index in [4.69, 9.17) is 16.3 Å². The monoisotopic (exact) mass is 248 g/mol. The molecule has 0 spiro atoms. The van der Waals surface area contributed by atoms with Crippen molar-refractivity contribution >= 4 is 11.6 Å². The highest BCUT2D eigenvalue weighted by molar-refractivity contribution is 6.16. The zero-order valence-electron chi connectivity index (χ0n) is 9.77. The van der Waals surface area contributed by atoms with Crippen molar-refractivity contribution < 1.29 is 4.74 Å². The van der Waals surface area contributed by atoms with Crippen molar-refractivity contribution in [2.75, 3.05) is 0 Å². The normalized spacial score (nSPS) is 10.3. The van der Waals surface area contributed by atoms with Gasteiger partial charge in [-0.3, -0.25) is 0 Å². The average molecular weight is 249 g/mol. The van der Waals surface area contributed by atoms with E-state index in [1.54, 1.807) is 12.1 Å². The quantitative estimate of drug-likeness (QED) is 0.778. The molecule has 0 saturated carbocycles. The van der Waals surface area contributed by atoms with Crippen molar-refractivity contribution in [1.82, 2.24) is 10.2 Å². The predicted molar refractivity (Wildman–Crippen MR) is 67.6 cm³/mol. The lowest BCUT2D eigenvalue weighted by molar-refractivity contribution is 0.453. The van der Waals surface area contributed by atoms with Gasteiger partial charge in [0.2, 0.25) is 5.88 Å². The minimum Gasteiger partial charge on any atom is -0.438 e. The van der Waals surface area contributed by atoms with Crippen LogP contribution in [0, 0.1) is 13.8 Å². The van der Waals surface area contributed by atoms with Gasteiger partial charge in [0.1, 0.15) is 5.75 Å². The number of hydrogen-bond donors (Lipinski definition) is 0. The second-order valence-corrected chi connectivity index (χ2v) is 4.19. The summed E-state index contributed by atoms with van der Waals surface area (Å²) in [5, 5.41) is 7.88. The Kier molecular flexibility index (Phi) is 3.59. The zero-order chi connectivity index (χ0) is 12.3. The molecule has 0 radical (unpaired) electrons. The molecule has 2 rings (SSSR count). The lowest BCUT2D eigenvalue weighted by Crippen LogP contribution is -1.94. The summed E-state index contributed by atoms with van der Waals surface area (Å²) in [6, 6.07) is 9.59. The van der Waals surface area contributed by atoms with Crippen molar-refractivity contribution in [3.05, 3.63) is 47.2 Å². The summed E-state index contributed by atoms with van der Waals surface area (Å²) in [7, 11) is 0. The van der Waals surface area contributed by atoms with Crippen molar-refractivity contribution in [1.29, 1.82) is 0 Å². The molecule has 0 aliphatic heterocycles. The standard InChI is InChI=1S/C13H13ClN2O/c1-9-5-10(2)7-12(6-9)17-13-4-3-11(8-14)15-16-13/h3-7H,8H2,1-2H3. The average Bonchev–Trinajstić information content (AvgIpc) is 2.28. The van der Waals surface area contributed by atoms with Crippen LogP contribution in [0.1, 0.15) is 16.8 Å². The topological polar surface area (TPSA) is 35.0 Å². The van der Waals surface area contributed by atoms with Gasteiger partial charge in [0.05, 0.1) is 11.6 Å². The first-order chi connectivity index (χ1) is 8.17. The number of aryl methyl sites for hydroxylation is 2. The maximum absolute atomic E-state index is 5.64. The highest BCUT2D eigenvalue weighted by Gasteiger charge is 2.01. The molecular weight excluding hydrogens is 236 g/mol. The first kappa shape index (κ1) is 11.9. The number of aromatic nitrogens is 2. The van der Waals surface area contributed by atoms with Crippen LogP contribution in [0.15, 0.2) is 30.3 Å². The third-order valence-electron chi connectivity index (χ3n) is 2.25. The summed E-state index contributed by atoms with van der Waals surface area (Å²) in [5.41, 5.74) is 3.05. The van der Waals surface area contributed by atoms with Gasteiger partial charge in [0.15, 0.2) is 0 Å². The first-order valence-electron chi connectivity index (χ1n) is 5.32. The van der Waals surface area contributed by atoms with Crippen molar-refractivity contribution in [3.63, 3.8) is 0 Å². The maximum Gasteiger partial charge on any atom is 0.238 e. The molecule has 0 aliphatic rings. The van der Waals surface area contributed by atoms with Crippen LogP contribution in [0.25, 0.3) is 0 Å². The van der Waals surface area contributed by atoms with E-state index in [2.05, 4.69) is 16.3 Å². The molecular formula is C13H13ClN2O. The summed E-state index contributed by atoms with van der Waals surface area (Å²) in [6.45, 7) is 4.06. The van der Waals surface area contributed by atoms with Crippen LogP contribution in [0.5, 0.6) is 11.6 Å². The van der Waals surface area contributed by atoms with E-state index in [1.165, 1.54) is 0 Å². The highest BCUT2D eigenvalue weighted by Crippen LogP contribution is 2.21.